The molecule has 1 aliphatic rings. The number of nitrogens with one attached hydrogen (secondary N) is 2. The van der Waals surface area contributed by atoms with Crippen molar-refractivity contribution in [3.8, 4) is 0 Å². The molecule has 0 aliphatic carbocycles. The lowest BCUT2D eigenvalue weighted by molar-refractivity contribution is -0.116. The Hall–Kier alpha value is -0.130. The van der Waals surface area contributed by atoms with E-state index in [2.05, 4.69) is 10.6 Å². The Morgan fingerprint density at radius 3 is 2.63 bits per heavy atom. The van der Waals surface area contributed by atoms with Crippen molar-refractivity contribution in [3.63, 3.8) is 0 Å². The van der Waals surface area contributed by atoms with Crippen LogP contribution in [0.1, 0.15) is 6.42 Å². The van der Waals surface area contributed by atoms with Gasteiger partial charge in [0.25, 0.3) is 0 Å². The van der Waals surface area contributed by atoms with Crippen LogP contribution >= 0.6 is 46.6 Å². The number of benzene rings is 1. The second-order valence-electron chi connectivity index (χ2n) is 4.22. The van der Waals surface area contributed by atoms with Gasteiger partial charge in [-0.2, -0.15) is 11.8 Å². The molecule has 0 bridgehead atoms. The van der Waals surface area contributed by atoms with Crippen LogP contribution in [0.4, 0.5) is 5.69 Å². The van der Waals surface area contributed by atoms with Gasteiger partial charge in [0, 0.05) is 35.5 Å². The van der Waals surface area contributed by atoms with Crippen LogP contribution in [-0.2, 0) is 4.79 Å². The normalized spacial score (nSPS) is 19.2. The van der Waals surface area contributed by atoms with E-state index in [1.807, 2.05) is 11.8 Å². The number of thioether (sulfide) groups is 1. The summed E-state index contributed by atoms with van der Waals surface area (Å²) in [7, 11) is 0. The lowest BCUT2D eigenvalue weighted by Gasteiger charge is -2.22. The molecular weight excluding hydrogens is 327 g/mol. The quantitative estimate of drug-likeness (QED) is 0.882. The van der Waals surface area contributed by atoms with Gasteiger partial charge in [-0.05, 0) is 12.1 Å². The Morgan fingerprint density at radius 1 is 1.37 bits per heavy atom. The van der Waals surface area contributed by atoms with E-state index < -0.39 is 0 Å². The predicted octanol–water partition coefficient (Wildman–Crippen LogP) is 3.68. The monoisotopic (exact) mass is 338 g/mol. The number of hydrogen-bond donors (Lipinski definition) is 2. The summed E-state index contributed by atoms with van der Waals surface area (Å²) in [5.74, 6) is 1.92. The highest BCUT2D eigenvalue weighted by Crippen LogP contribution is 2.33. The minimum atomic E-state index is -0.105. The number of carbonyl (C=O) groups excluding carboxylic acids is 1. The van der Waals surface area contributed by atoms with Crippen LogP contribution in [0.25, 0.3) is 0 Å². The van der Waals surface area contributed by atoms with E-state index in [0.29, 0.717) is 27.2 Å². The van der Waals surface area contributed by atoms with Crippen LogP contribution in [0.2, 0.25) is 15.1 Å². The van der Waals surface area contributed by atoms with Gasteiger partial charge < -0.3 is 10.6 Å². The average Bonchev–Trinajstić information content (AvgIpc) is 2.35. The summed E-state index contributed by atoms with van der Waals surface area (Å²) >= 11 is 19.7. The molecule has 0 radical (unpaired) electrons. The molecule has 3 nitrogen and oxygen atoms in total. The van der Waals surface area contributed by atoms with Crippen molar-refractivity contribution in [2.75, 3.05) is 23.4 Å². The number of halogens is 3. The molecular formula is C12H13Cl3N2OS. The average molecular weight is 340 g/mol. The molecule has 0 spiro atoms. The molecule has 1 saturated heterocycles. The van der Waals surface area contributed by atoms with Gasteiger partial charge in [0.05, 0.1) is 15.7 Å². The predicted molar refractivity (Wildman–Crippen MR) is 83.8 cm³/mol. The highest BCUT2D eigenvalue weighted by molar-refractivity contribution is 7.99. The van der Waals surface area contributed by atoms with Crippen LogP contribution in [0.15, 0.2) is 12.1 Å². The maximum atomic E-state index is 12.0. The maximum Gasteiger partial charge on any atom is 0.226 e. The summed E-state index contributed by atoms with van der Waals surface area (Å²) in [5.41, 5.74) is 0.418. The minimum absolute atomic E-state index is 0.105. The van der Waals surface area contributed by atoms with E-state index in [-0.39, 0.29) is 11.9 Å². The fourth-order valence-corrected chi connectivity index (χ4v) is 3.69. The summed E-state index contributed by atoms with van der Waals surface area (Å²) in [5, 5.41) is 7.18. The van der Waals surface area contributed by atoms with Crippen LogP contribution in [0.3, 0.4) is 0 Å². The minimum Gasteiger partial charge on any atom is -0.323 e. The zero-order chi connectivity index (χ0) is 13.8. The van der Waals surface area contributed by atoms with Gasteiger partial charge in [0.15, 0.2) is 0 Å². The van der Waals surface area contributed by atoms with Crippen molar-refractivity contribution in [3.05, 3.63) is 27.2 Å². The lowest BCUT2D eigenvalue weighted by atomic mass is 10.2. The second-order valence-corrected chi connectivity index (χ2v) is 6.62. The van der Waals surface area contributed by atoms with Gasteiger partial charge in [0.1, 0.15) is 0 Å². The van der Waals surface area contributed by atoms with Crippen molar-refractivity contribution in [2.24, 2.45) is 0 Å². The third kappa shape index (κ3) is 4.43. The van der Waals surface area contributed by atoms with E-state index in [9.17, 15) is 4.79 Å². The van der Waals surface area contributed by atoms with Crippen molar-refractivity contribution < 1.29 is 4.79 Å². The van der Waals surface area contributed by atoms with Gasteiger partial charge in [-0.25, -0.2) is 0 Å². The van der Waals surface area contributed by atoms with E-state index in [1.54, 1.807) is 12.1 Å². The Labute approximate surface area is 131 Å². The Morgan fingerprint density at radius 2 is 2.05 bits per heavy atom. The van der Waals surface area contributed by atoms with Crippen molar-refractivity contribution in [1.82, 2.24) is 5.32 Å². The molecule has 0 aromatic heterocycles. The molecule has 19 heavy (non-hydrogen) atoms. The molecule has 1 aliphatic heterocycles. The first-order chi connectivity index (χ1) is 9.06. The molecule has 1 atom stereocenters. The highest BCUT2D eigenvalue weighted by Gasteiger charge is 2.18. The fraction of sp³-hybridized carbons (Fsp3) is 0.417. The zero-order valence-electron chi connectivity index (χ0n) is 10.0. The number of anilines is 1. The molecule has 2 N–H and O–H groups in total. The molecule has 7 heteroatoms. The zero-order valence-corrected chi connectivity index (χ0v) is 13.1. The van der Waals surface area contributed by atoms with E-state index >= 15 is 0 Å². The van der Waals surface area contributed by atoms with Gasteiger partial charge in [-0.1, -0.05) is 34.8 Å². The topological polar surface area (TPSA) is 41.1 Å². The number of hydrogen-bond acceptors (Lipinski definition) is 3. The summed E-state index contributed by atoms with van der Waals surface area (Å²) < 4.78 is 0. The smallest absolute Gasteiger partial charge is 0.226 e. The molecule has 2 rings (SSSR count). The third-order valence-electron chi connectivity index (χ3n) is 2.70. The van der Waals surface area contributed by atoms with E-state index in [4.69, 9.17) is 34.8 Å². The number of carbonyl (C=O) groups is 1. The van der Waals surface area contributed by atoms with E-state index in [1.165, 1.54) is 0 Å². The van der Waals surface area contributed by atoms with Gasteiger partial charge in [0.2, 0.25) is 5.91 Å². The van der Waals surface area contributed by atoms with Crippen molar-refractivity contribution >= 4 is 58.2 Å². The molecule has 104 valence electrons. The Bertz CT molecular complexity index is 455. The Kier molecular flexibility index (Phi) is 5.66. The summed E-state index contributed by atoms with van der Waals surface area (Å²) in [4.78, 5) is 12.0. The van der Waals surface area contributed by atoms with Crippen LogP contribution in [0.5, 0.6) is 0 Å². The first-order valence-electron chi connectivity index (χ1n) is 5.82. The standard InChI is InChI=1S/C12H13Cl3N2OS/c13-7-3-9(14)12(10(15)4-7)17-11(18)5-8-6-19-2-1-16-8/h3-4,8,16H,1-2,5-6H2,(H,17,18). The first kappa shape index (κ1) is 15.3. The van der Waals surface area contributed by atoms with Crippen molar-refractivity contribution in [2.45, 2.75) is 12.5 Å². The third-order valence-corrected chi connectivity index (χ3v) is 4.65. The SMILES string of the molecule is O=C(CC1CSCCN1)Nc1c(Cl)cc(Cl)cc1Cl. The van der Waals surface area contributed by atoms with Crippen LogP contribution in [-0.4, -0.2) is 30.0 Å². The van der Waals surface area contributed by atoms with Crippen molar-refractivity contribution in [1.29, 1.82) is 0 Å². The molecule has 0 saturated carbocycles. The molecule has 1 unspecified atom stereocenters. The van der Waals surface area contributed by atoms with Crippen LogP contribution < -0.4 is 10.6 Å². The lowest BCUT2D eigenvalue weighted by Crippen LogP contribution is -2.39. The summed E-state index contributed by atoms with van der Waals surface area (Å²) in [6.07, 6.45) is 0.405. The largest absolute Gasteiger partial charge is 0.323 e. The van der Waals surface area contributed by atoms with Gasteiger partial charge >= 0.3 is 0 Å². The molecule has 1 amide bonds. The first-order valence-corrected chi connectivity index (χ1v) is 8.10. The molecule has 1 aromatic rings. The van der Waals surface area contributed by atoms with Gasteiger partial charge in [-0.15, -0.1) is 0 Å². The van der Waals surface area contributed by atoms with Crippen LogP contribution in [0, 0.1) is 0 Å². The molecule has 1 aromatic carbocycles. The maximum absolute atomic E-state index is 12.0. The second kappa shape index (κ2) is 7.04. The number of amides is 1. The fourth-order valence-electron chi connectivity index (χ4n) is 1.83. The Balaban J connectivity index is 1.98. The molecule has 1 heterocycles. The summed E-state index contributed by atoms with van der Waals surface area (Å²) in [6.45, 7) is 0.936. The summed E-state index contributed by atoms with van der Waals surface area (Å²) in [6, 6.07) is 3.31. The van der Waals surface area contributed by atoms with E-state index in [0.717, 1.165) is 18.1 Å². The highest BCUT2D eigenvalue weighted by atomic mass is 35.5. The number of rotatable bonds is 3. The van der Waals surface area contributed by atoms with Gasteiger partial charge in [-0.3, -0.25) is 4.79 Å². The molecule has 1 fully saturated rings.